The van der Waals surface area contributed by atoms with E-state index in [4.69, 9.17) is 4.74 Å². The second-order valence-electron chi connectivity index (χ2n) is 5.02. The van der Waals surface area contributed by atoms with Crippen LogP contribution in [0.4, 0.5) is 0 Å². The van der Waals surface area contributed by atoms with Gasteiger partial charge in [-0.15, -0.1) is 0 Å². The van der Waals surface area contributed by atoms with Gasteiger partial charge in [0, 0.05) is 6.20 Å². The molecule has 1 unspecified atom stereocenters. The monoisotopic (exact) mass is 291 g/mol. The number of benzene rings is 2. The van der Waals surface area contributed by atoms with Gasteiger partial charge in [-0.3, -0.25) is 4.98 Å². The van der Waals surface area contributed by atoms with E-state index in [0.717, 1.165) is 16.9 Å². The van der Waals surface area contributed by atoms with Crippen LogP contribution in [0.25, 0.3) is 0 Å². The van der Waals surface area contributed by atoms with Gasteiger partial charge in [-0.2, -0.15) is 0 Å². The van der Waals surface area contributed by atoms with Gasteiger partial charge >= 0.3 is 0 Å². The van der Waals surface area contributed by atoms with Crippen molar-refractivity contribution in [2.24, 2.45) is 0 Å². The Kier molecular flexibility index (Phi) is 3.90. The maximum absolute atomic E-state index is 11.5. The highest BCUT2D eigenvalue weighted by molar-refractivity contribution is 5.45. The summed E-state index contributed by atoms with van der Waals surface area (Å²) in [5.74, 6) is 0.750. The molecule has 0 saturated carbocycles. The second kappa shape index (κ2) is 6.00. The fourth-order valence-electron chi connectivity index (χ4n) is 2.55. The largest absolute Gasteiger partial charge is 0.497 e. The summed E-state index contributed by atoms with van der Waals surface area (Å²) in [6.07, 6.45) is 1.69. The number of nitrogens with zero attached hydrogens (tertiary/aromatic N) is 1. The first-order chi connectivity index (χ1) is 10.7. The van der Waals surface area contributed by atoms with Crippen LogP contribution in [0.15, 0.2) is 79.0 Å². The van der Waals surface area contributed by atoms with E-state index in [-0.39, 0.29) is 0 Å². The number of pyridine rings is 1. The Labute approximate surface area is 129 Å². The third kappa shape index (κ3) is 2.47. The average Bonchev–Trinajstić information content (AvgIpc) is 2.62. The van der Waals surface area contributed by atoms with Gasteiger partial charge in [-0.05, 0) is 35.4 Å². The lowest BCUT2D eigenvalue weighted by Gasteiger charge is -2.29. The minimum atomic E-state index is -1.30. The number of aliphatic hydroxyl groups is 1. The predicted octanol–water partition coefficient (Wildman–Crippen LogP) is 3.37. The standard InChI is InChI=1S/C19H17NO2/c1-22-17-12-10-16(11-13-17)19(21,15-7-3-2-4-8-15)18-9-5-6-14-20-18/h2-14,21H,1H3. The molecule has 110 valence electrons. The van der Waals surface area contributed by atoms with Crippen LogP contribution in [0.1, 0.15) is 16.8 Å². The summed E-state index contributed by atoms with van der Waals surface area (Å²) in [5.41, 5.74) is 0.817. The van der Waals surface area contributed by atoms with E-state index in [0.29, 0.717) is 5.69 Å². The van der Waals surface area contributed by atoms with Crippen molar-refractivity contribution < 1.29 is 9.84 Å². The van der Waals surface area contributed by atoms with Gasteiger partial charge in [0.25, 0.3) is 0 Å². The maximum atomic E-state index is 11.5. The van der Waals surface area contributed by atoms with Gasteiger partial charge in [-0.1, -0.05) is 48.5 Å². The minimum Gasteiger partial charge on any atom is -0.497 e. The third-order valence-electron chi connectivity index (χ3n) is 3.73. The molecule has 3 heteroatoms. The summed E-state index contributed by atoms with van der Waals surface area (Å²) >= 11 is 0. The van der Waals surface area contributed by atoms with Crippen LogP contribution in [-0.2, 0) is 5.60 Å². The average molecular weight is 291 g/mol. The van der Waals surface area contributed by atoms with Crippen molar-refractivity contribution in [3.63, 3.8) is 0 Å². The van der Waals surface area contributed by atoms with Crippen molar-refractivity contribution in [3.8, 4) is 5.75 Å². The topological polar surface area (TPSA) is 42.4 Å². The van der Waals surface area contributed by atoms with Crippen molar-refractivity contribution in [2.75, 3.05) is 7.11 Å². The minimum absolute atomic E-state index is 0.589. The van der Waals surface area contributed by atoms with Crippen LogP contribution < -0.4 is 4.74 Å². The van der Waals surface area contributed by atoms with Gasteiger partial charge < -0.3 is 9.84 Å². The van der Waals surface area contributed by atoms with Crippen molar-refractivity contribution >= 4 is 0 Å². The smallest absolute Gasteiger partial charge is 0.157 e. The third-order valence-corrected chi connectivity index (χ3v) is 3.73. The summed E-state index contributed by atoms with van der Waals surface area (Å²) in [5, 5.41) is 11.5. The molecule has 3 nitrogen and oxygen atoms in total. The molecule has 0 spiro atoms. The zero-order valence-electron chi connectivity index (χ0n) is 12.3. The molecule has 22 heavy (non-hydrogen) atoms. The molecule has 0 bridgehead atoms. The van der Waals surface area contributed by atoms with Crippen LogP contribution >= 0.6 is 0 Å². The van der Waals surface area contributed by atoms with E-state index in [2.05, 4.69) is 4.98 Å². The van der Waals surface area contributed by atoms with E-state index in [1.807, 2.05) is 72.8 Å². The molecule has 3 rings (SSSR count). The van der Waals surface area contributed by atoms with Gasteiger partial charge in [0.05, 0.1) is 12.8 Å². The molecule has 0 radical (unpaired) electrons. The molecule has 0 aliphatic carbocycles. The number of hydrogen-bond donors (Lipinski definition) is 1. The zero-order chi connectivity index (χ0) is 15.4. The lowest BCUT2D eigenvalue weighted by atomic mass is 9.83. The van der Waals surface area contributed by atoms with Crippen molar-refractivity contribution in [1.82, 2.24) is 4.98 Å². The molecule has 1 atom stereocenters. The molecule has 3 aromatic rings. The van der Waals surface area contributed by atoms with Gasteiger partial charge in [-0.25, -0.2) is 0 Å². The molecule has 0 fully saturated rings. The number of methoxy groups -OCH3 is 1. The fourth-order valence-corrected chi connectivity index (χ4v) is 2.55. The normalized spacial score (nSPS) is 13.4. The summed E-state index contributed by atoms with van der Waals surface area (Å²) < 4.78 is 5.20. The second-order valence-corrected chi connectivity index (χ2v) is 5.02. The Morgan fingerprint density at radius 2 is 1.45 bits per heavy atom. The van der Waals surface area contributed by atoms with E-state index in [9.17, 15) is 5.11 Å². The first-order valence-corrected chi connectivity index (χ1v) is 7.09. The molecule has 2 aromatic carbocycles. The van der Waals surface area contributed by atoms with E-state index in [1.54, 1.807) is 13.3 Å². The van der Waals surface area contributed by atoms with Crippen molar-refractivity contribution in [1.29, 1.82) is 0 Å². The Morgan fingerprint density at radius 3 is 2.05 bits per heavy atom. The fraction of sp³-hybridized carbons (Fsp3) is 0.105. The van der Waals surface area contributed by atoms with Crippen LogP contribution in [0.3, 0.4) is 0 Å². The van der Waals surface area contributed by atoms with Crippen molar-refractivity contribution in [3.05, 3.63) is 95.8 Å². The summed E-state index contributed by atoms with van der Waals surface area (Å²) in [4.78, 5) is 4.36. The molecule has 1 aromatic heterocycles. The zero-order valence-corrected chi connectivity index (χ0v) is 12.3. The van der Waals surface area contributed by atoms with E-state index >= 15 is 0 Å². The highest BCUT2D eigenvalue weighted by Gasteiger charge is 2.34. The van der Waals surface area contributed by atoms with Crippen LogP contribution in [0, 0.1) is 0 Å². The first kappa shape index (κ1) is 14.3. The molecule has 0 amide bonds. The summed E-state index contributed by atoms with van der Waals surface area (Å²) in [6, 6.07) is 22.5. The van der Waals surface area contributed by atoms with Crippen LogP contribution in [0.5, 0.6) is 5.75 Å². The maximum Gasteiger partial charge on any atom is 0.157 e. The molecule has 0 aliphatic rings. The quantitative estimate of drug-likeness (QED) is 0.801. The van der Waals surface area contributed by atoms with E-state index in [1.165, 1.54) is 0 Å². The molecular formula is C19H17NO2. The van der Waals surface area contributed by atoms with Gasteiger partial charge in [0.1, 0.15) is 5.75 Å². The Morgan fingerprint density at radius 1 is 0.818 bits per heavy atom. The summed E-state index contributed by atoms with van der Waals surface area (Å²) in [7, 11) is 1.62. The lowest BCUT2D eigenvalue weighted by molar-refractivity contribution is 0.121. The van der Waals surface area contributed by atoms with Crippen LogP contribution in [0.2, 0.25) is 0 Å². The van der Waals surface area contributed by atoms with Crippen molar-refractivity contribution in [2.45, 2.75) is 5.60 Å². The number of hydrogen-bond acceptors (Lipinski definition) is 3. The Balaban J connectivity index is 2.18. The van der Waals surface area contributed by atoms with E-state index < -0.39 is 5.60 Å². The molecule has 1 N–H and O–H groups in total. The molecular weight excluding hydrogens is 274 g/mol. The first-order valence-electron chi connectivity index (χ1n) is 7.09. The predicted molar refractivity (Wildman–Crippen MR) is 85.8 cm³/mol. The van der Waals surface area contributed by atoms with Gasteiger partial charge in [0.2, 0.25) is 0 Å². The number of rotatable bonds is 4. The van der Waals surface area contributed by atoms with Gasteiger partial charge in [0.15, 0.2) is 5.60 Å². The van der Waals surface area contributed by atoms with Crippen LogP contribution in [-0.4, -0.2) is 17.2 Å². The molecule has 0 aliphatic heterocycles. The molecule has 0 saturated heterocycles. The highest BCUT2D eigenvalue weighted by Crippen LogP contribution is 2.35. The highest BCUT2D eigenvalue weighted by atomic mass is 16.5. The number of ether oxygens (including phenoxy) is 1. The molecule has 1 heterocycles. The lowest BCUT2D eigenvalue weighted by Crippen LogP contribution is -2.29. The Hall–Kier alpha value is -2.65. The number of aromatic nitrogens is 1. The summed E-state index contributed by atoms with van der Waals surface area (Å²) in [6.45, 7) is 0. The SMILES string of the molecule is COc1ccc(C(O)(c2ccccc2)c2ccccn2)cc1. The Bertz CT molecular complexity index is 685.